The Bertz CT molecular complexity index is 1170. The summed E-state index contributed by atoms with van der Waals surface area (Å²) in [6.45, 7) is 2.24. The van der Waals surface area contributed by atoms with Crippen LogP contribution in [0.1, 0.15) is 34.6 Å². The number of rotatable bonds is 3. The van der Waals surface area contributed by atoms with E-state index in [2.05, 4.69) is 88.5 Å². The number of allylic oxidation sites excluding steroid dienone is 1. The summed E-state index contributed by atoms with van der Waals surface area (Å²) in [5, 5.41) is 3.94. The number of benzene rings is 2. The first-order valence-corrected chi connectivity index (χ1v) is 9.96. The van der Waals surface area contributed by atoms with Gasteiger partial charge in [0.05, 0.1) is 0 Å². The van der Waals surface area contributed by atoms with Crippen LogP contribution < -0.4 is 0 Å². The van der Waals surface area contributed by atoms with Crippen LogP contribution >= 0.6 is 15.9 Å². The molecule has 1 aliphatic carbocycles. The van der Waals surface area contributed by atoms with Gasteiger partial charge in [0.25, 0.3) is 0 Å². The molecule has 1 atom stereocenters. The Morgan fingerprint density at radius 1 is 1.00 bits per heavy atom. The second kappa shape index (κ2) is 6.14. The van der Waals surface area contributed by atoms with Crippen LogP contribution in [0.15, 0.2) is 65.3 Å². The highest BCUT2D eigenvalue weighted by atomic mass is 79.9. The first kappa shape index (κ1) is 15.9. The number of halogens is 1. The number of nitrogens with one attached hydrogen (secondary N) is 1. The summed E-state index contributed by atoms with van der Waals surface area (Å²) in [6.07, 6.45) is 8.89. The molecule has 1 N–H and O–H groups in total. The third kappa shape index (κ3) is 2.44. The van der Waals surface area contributed by atoms with E-state index in [9.17, 15) is 0 Å². The Morgan fingerprint density at radius 3 is 2.81 bits per heavy atom. The van der Waals surface area contributed by atoms with E-state index in [1.54, 1.807) is 0 Å². The SMILES string of the molecule is Cc1cc2c(Br)c3ccc[nH]c3cc2c1CCC1C=Cc2ccccc21. The molecule has 1 nitrogen and oxygen atoms in total. The van der Waals surface area contributed by atoms with Gasteiger partial charge in [-0.2, -0.15) is 0 Å². The molecule has 0 amide bonds. The van der Waals surface area contributed by atoms with E-state index in [1.165, 1.54) is 48.4 Å². The summed E-state index contributed by atoms with van der Waals surface area (Å²) in [6, 6.07) is 17.6. The number of aromatic amines is 1. The topological polar surface area (TPSA) is 15.8 Å². The summed E-state index contributed by atoms with van der Waals surface area (Å²) < 4.78 is 1.20. The van der Waals surface area contributed by atoms with Gasteiger partial charge in [0.1, 0.15) is 0 Å². The fourth-order valence-corrected chi connectivity index (χ4v) is 5.03. The molecular weight excluding hydrogens is 382 g/mol. The summed E-state index contributed by atoms with van der Waals surface area (Å²) >= 11 is 3.84. The Morgan fingerprint density at radius 2 is 1.88 bits per heavy atom. The molecule has 0 saturated heterocycles. The summed E-state index contributed by atoms with van der Waals surface area (Å²) in [5.41, 5.74) is 6.92. The molecule has 3 aromatic carbocycles. The maximum atomic E-state index is 3.84. The van der Waals surface area contributed by atoms with Gasteiger partial charge in [0, 0.05) is 27.5 Å². The van der Waals surface area contributed by atoms with E-state index in [0.717, 1.165) is 12.8 Å². The average Bonchev–Trinajstić information content (AvgIpc) is 3.21. The first-order valence-electron chi connectivity index (χ1n) is 9.17. The maximum absolute atomic E-state index is 3.84. The van der Waals surface area contributed by atoms with E-state index in [4.69, 9.17) is 0 Å². The highest BCUT2D eigenvalue weighted by Gasteiger charge is 2.19. The summed E-state index contributed by atoms with van der Waals surface area (Å²) in [4.78, 5) is 3.39. The molecule has 5 rings (SSSR count). The number of aromatic nitrogens is 1. The monoisotopic (exact) mass is 401 g/mol. The van der Waals surface area contributed by atoms with Crippen LogP contribution in [0.2, 0.25) is 0 Å². The van der Waals surface area contributed by atoms with Crippen LogP contribution in [0.25, 0.3) is 27.8 Å². The van der Waals surface area contributed by atoms with E-state index in [1.807, 2.05) is 6.20 Å². The molecule has 0 fully saturated rings. The van der Waals surface area contributed by atoms with Crippen LogP contribution in [-0.4, -0.2) is 4.98 Å². The Labute approximate surface area is 161 Å². The molecule has 1 unspecified atom stereocenters. The minimum atomic E-state index is 0.533. The lowest BCUT2D eigenvalue weighted by Gasteiger charge is -2.12. The summed E-state index contributed by atoms with van der Waals surface area (Å²) in [7, 11) is 0. The Kier molecular flexibility index (Phi) is 3.75. The van der Waals surface area contributed by atoms with Crippen molar-refractivity contribution in [3.63, 3.8) is 0 Å². The standard InChI is InChI=1S/C24H20BrN/c1-15-13-22-21(14-23-20(24(22)25)7-4-12-26-23)18(15)11-10-17-9-8-16-5-2-3-6-19(16)17/h2-9,12-14,17,26H,10-11H2,1H3. The summed E-state index contributed by atoms with van der Waals surface area (Å²) in [5.74, 6) is 0.533. The molecule has 26 heavy (non-hydrogen) atoms. The predicted octanol–water partition coefficient (Wildman–Crippen LogP) is 7.14. The van der Waals surface area contributed by atoms with Gasteiger partial charge in [-0.1, -0.05) is 42.5 Å². The van der Waals surface area contributed by atoms with Crippen molar-refractivity contribution >= 4 is 43.7 Å². The number of hydrogen-bond acceptors (Lipinski definition) is 0. The van der Waals surface area contributed by atoms with Gasteiger partial charge >= 0.3 is 0 Å². The molecule has 0 saturated carbocycles. The molecule has 4 aromatic rings. The number of pyridine rings is 1. The minimum Gasteiger partial charge on any atom is -0.361 e. The van der Waals surface area contributed by atoms with E-state index < -0.39 is 0 Å². The zero-order valence-electron chi connectivity index (χ0n) is 14.7. The second-order valence-corrected chi connectivity index (χ2v) is 8.02. The Balaban J connectivity index is 1.53. The van der Waals surface area contributed by atoms with Gasteiger partial charge < -0.3 is 4.98 Å². The number of fused-ring (bicyclic) bond motifs is 3. The van der Waals surface area contributed by atoms with Crippen molar-refractivity contribution in [2.45, 2.75) is 25.7 Å². The van der Waals surface area contributed by atoms with Gasteiger partial charge in [0.2, 0.25) is 0 Å². The third-order valence-corrected chi connectivity index (χ3v) is 6.57. The van der Waals surface area contributed by atoms with Gasteiger partial charge in [-0.15, -0.1) is 0 Å². The van der Waals surface area contributed by atoms with Crippen LogP contribution in [0.4, 0.5) is 0 Å². The van der Waals surface area contributed by atoms with Gasteiger partial charge in [0.15, 0.2) is 0 Å². The van der Waals surface area contributed by atoms with Crippen molar-refractivity contribution in [2.24, 2.45) is 0 Å². The van der Waals surface area contributed by atoms with Gasteiger partial charge in [-0.3, -0.25) is 0 Å². The molecule has 1 aromatic heterocycles. The number of aryl methyl sites for hydroxylation is 2. The lowest BCUT2D eigenvalue weighted by atomic mass is 9.93. The molecule has 128 valence electrons. The molecular formula is C24H20BrN. The minimum absolute atomic E-state index is 0.533. The van der Waals surface area contributed by atoms with Crippen molar-refractivity contribution in [2.75, 3.05) is 0 Å². The third-order valence-electron chi connectivity index (χ3n) is 5.71. The van der Waals surface area contributed by atoms with Crippen LogP contribution in [0, 0.1) is 6.92 Å². The highest BCUT2D eigenvalue weighted by molar-refractivity contribution is 9.10. The van der Waals surface area contributed by atoms with Crippen molar-refractivity contribution in [1.82, 2.24) is 4.98 Å². The van der Waals surface area contributed by atoms with Gasteiger partial charge in [-0.25, -0.2) is 0 Å². The van der Waals surface area contributed by atoms with Crippen LogP contribution in [-0.2, 0) is 6.42 Å². The molecule has 1 aliphatic rings. The van der Waals surface area contributed by atoms with E-state index >= 15 is 0 Å². The van der Waals surface area contributed by atoms with Crippen molar-refractivity contribution in [1.29, 1.82) is 0 Å². The zero-order valence-corrected chi connectivity index (χ0v) is 16.3. The van der Waals surface area contributed by atoms with E-state index in [0.29, 0.717) is 5.92 Å². The quantitative estimate of drug-likeness (QED) is 0.375. The number of hydrogen-bond donors (Lipinski definition) is 1. The maximum Gasteiger partial charge on any atom is 0.0471 e. The zero-order chi connectivity index (χ0) is 17.7. The molecule has 0 aliphatic heterocycles. The van der Waals surface area contributed by atoms with Gasteiger partial charge in [-0.05, 0) is 86.9 Å². The average molecular weight is 402 g/mol. The molecule has 1 heterocycles. The normalized spacial score (nSPS) is 15.8. The predicted molar refractivity (Wildman–Crippen MR) is 115 cm³/mol. The lowest BCUT2D eigenvalue weighted by Crippen LogP contribution is -1.97. The fraction of sp³-hybridized carbons (Fsp3) is 0.167. The van der Waals surface area contributed by atoms with Crippen molar-refractivity contribution < 1.29 is 0 Å². The molecule has 0 radical (unpaired) electrons. The molecule has 0 spiro atoms. The molecule has 2 heteroatoms. The largest absolute Gasteiger partial charge is 0.361 e. The first-order chi connectivity index (χ1) is 12.7. The van der Waals surface area contributed by atoms with Crippen LogP contribution in [0.3, 0.4) is 0 Å². The fourth-order valence-electron chi connectivity index (χ4n) is 4.36. The number of H-pyrrole nitrogens is 1. The second-order valence-electron chi connectivity index (χ2n) is 7.22. The van der Waals surface area contributed by atoms with Crippen LogP contribution in [0.5, 0.6) is 0 Å². The van der Waals surface area contributed by atoms with Crippen molar-refractivity contribution in [3.8, 4) is 0 Å². The lowest BCUT2D eigenvalue weighted by molar-refractivity contribution is 0.746. The smallest absolute Gasteiger partial charge is 0.0471 e. The highest BCUT2D eigenvalue weighted by Crippen LogP contribution is 2.39. The molecule has 0 bridgehead atoms. The van der Waals surface area contributed by atoms with Crippen molar-refractivity contribution in [3.05, 3.63) is 87.5 Å². The Hall–Kier alpha value is -2.32. The van der Waals surface area contributed by atoms with E-state index in [-0.39, 0.29) is 0 Å².